The monoisotopic (exact) mass is 617 g/mol. The fourth-order valence-electron chi connectivity index (χ4n) is 5.93. The summed E-state index contributed by atoms with van der Waals surface area (Å²) in [4.78, 5) is 60.2. The highest BCUT2D eigenvalue weighted by Gasteiger charge is 2.44. The van der Waals surface area contributed by atoms with Gasteiger partial charge in [-0.3, -0.25) is 0 Å². The lowest BCUT2D eigenvalue weighted by molar-refractivity contribution is -0.166. The van der Waals surface area contributed by atoms with Crippen LogP contribution in [0.4, 0.5) is 4.79 Å². The lowest BCUT2D eigenvalue weighted by Crippen LogP contribution is -2.45. The first-order chi connectivity index (χ1) is 21.7. The molecule has 1 saturated heterocycles. The molecule has 5 rings (SSSR count). The number of carboxylic acid groups (broad SMARTS) is 3. The van der Waals surface area contributed by atoms with Crippen LogP contribution in [0.15, 0.2) is 91.0 Å². The van der Waals surface area contributed by atoms with Crippen LogP contribution >= 0.6 is 0 Å². The van der Waals surface area contributed by atoms with Crippen LogP contribution in [0.3, 0.4) is 0 Å². The van der Waals surface area contributed by atoms with E-state index >= 15 is 0 Å². The van der Waals surface area contributed by atoms with Gasteiger partial charge < -0.3 is 29.7 Å². The van der Waals surface area contributed by atoms with Crippen LogP contribution in [0.2, 0.25) is 0 Å². The Morgan fingerprint density at radius 1 is 0.667 bits per heavy atom. The predicted molar refractivity (Wildman–Crippen MR) is 161 cm³/mol. The van der Waals surface area contributed by atoms with Gasteiger partial charge in [0.25, 0.3) is 0 Å². The molecule has 0 bridgehead atoms. The van der Waals surface area contributed by atoms with E-state index in [-0.39, 0.29) is 23.2 Å². The number of fused-ring (bicyclic) bond motifs is 1. The van der Waals surface area contributed by atoms with E-state index in [4.69, 9.17) is 9.47 Å². The zero-order valence-corrected chi connectivity index (χ0v) is 24.4. The van der Waals surface area contributed by atoms with E-state index in [2.05, 4.69) is 12.1 Å². The molecule has 1 aliphatic carbocycles. The minimum Gasteiger partial charge on any atom is -0.478 e. The fourth-order valence-corrected chi connectivity index (χ4v) is 5.93. The standard InChI is InChI=1S/C18H14O8.C16H21NO2/c19-15(20)13(25-17(23)11-7-3-1-4-8-11)14(16(21)22)26-18(24)12-9-5-2-6-10-12;18-16(19)17-14(10-12-6-2-1-3-7-12)11-13-8-4-5-9-15(13)17/h1-10,13-14H,(H,19,20)(H,21,22);1-3,6-7,13-15H,4-5,8-11H2,(H,18,19)/t13-,14-;/m1./s1. The van der Waals surface area contributed by atoms with Crippen molar-refractivity contribution in [1.82, 2.24) is 4.90 Å². The van der Waals surface area contributed by atoms with Gasteiger partial charge in [0.15, 0.2) is 0 Å². The summed E-state index contributed by atoms with van der Waals surface area (Å²) >= 11 is 0. The van der Waals surface area contributed by atoms with Crippen LogP contribution in [0.25, 0.3) is 0 Å². The SMILES string of the molecule is O=C(O)N1C(Cc2ccccc2)CC2CCCCC21.O=C(O[C@@H](C(=O)O)[C@@H](OC(=O)c1ccccc1)C(=O)O)c1ccccc1. The Morgan fingerprint density at radius 3 is 1.56 bits per heavy atom. The molecular weight excluding hydrogens is 582 g/mol. The minimum atomic E-state index is -2.21. The third-order valence-corrected chi connectivity index (χ3v) is 7.98. The van der Waals surface area contributed by atoms with Crippen molar-refractivity contribution >= 4 is 30.0 Å². The molecule has 1 heterocycles. The zero-order valence-electron chi connectivity index (χ0n) is 24.4. The lowest BCUT2D eigenvalue weighted by atomic mass is 9.84. The van der Waals surface area contributed by atoms with Crippen molar-refractivity contribution in [2.75, 3.05) is 0 Å². The molecular formula is C34H35NO10. The second-order valence-electron chi connectivity index (χ2n) is 10.9. The van der Waals surface area contributed by atoms with E-state index in [1.165, 1.54) is 73.4 Å². The number of esters is 2. The van der Waals surface area contributed by atoms with E-state index in [9.17, 15) is 39.3 Å². The van der Waals surface area contributed by atoms with Crippen molar-refractivity contribution in [2.45, 2.75) is 62.8 Å². The van der Waals surface area contributed by atoms with Gasteiger partial charge in [-0.05, 0) is 61.4 Å². The Balaban J connectivity index is 0.000000214. The molecule has 3 N–H and O–H groups in total. The Labute approximate surface area is 260 Å². The van der Waals surface area contributed by atoms with Crippen LogP contribution in [-0.2, 0) is 25.5 Å². The van der Waals surface area contributed by atoms with Crippen LogP contribution in [-0.4, -0.2) is 74.5 Å². The van der Waals surface area contributed by atoms with Crippen molar-refractivity contribution in [3.05, 3.63) is 108 Å². The van der Waals surface area contributed by atoms with Gasteiger partial charge in [-0.25, -0.2) is 24.0 Å². The zero-order chi connectivity index (χ0) is 32.3. The van der Waals surface area contributed by atoms with E-state index in [0.717, 1.165) is 19.3 Å². The summed E-state index contributed by atoms with van der Waals surface area (Å²) in [6.45, 7) is 0. The first-order valence-electron chi connectivity index (χ1n) is 14.7. The minimum absolute atomic E-state index is 0.0253. The van der Waals surface area contributed by atoms with Crippen LogP contribution in [0.1, 0.15) is 58.4 Å². The number of rotatable bonds is 9. The Kier molecular flexibility index (Phi) is 11.3. The Hall–Kier alpha value is -5.19. The number of ether oxygens (including phenoxy) is 2. The number of likely N-dealkylation sites (tertiary alicyclic amines) is 1. The molecule has 1 amide bonds. The molecule has 236 valence electrons. The Morgan fingerprint density at radius 2 is 1.11 bits per heavy atom. The Bertz CT molecular complexity index is 1390. The number of nitrogens with zero attached hydrogens (tertiary/aromatic N) is 1. The summed E-state index contributed by atoms with van der Waals surface area (Å²) < 4.78 is 9.52. The second-order valence-corrected chi connectivity index (χ2v) is 10.9. The molecule has 3 aromatic rings. The molecule has 0 spiro atoms. The maximum Gasteiger partial charge on any atom is 0.407 e. The molecule has 0 radical (unpaired) electrons. The molecule has 0 aromatic heterocycles. The number of hydrogen-bond acceptors (Lipinski definition) is 7. The van der Waals surface area contributed by atoms with Gasteiger partial charge in [0.1, 0.15) is 0 Å². The summed E-state index contributed by atoms with van der Waals surface area (Å²) in [6.07, 6.45) is 1.47. The predicted octanol–water partition coefficient (Wildman–Crippen LogP) is 5.15. The molecule has 11 nitrogen and oxygen atoms in total. The lowest BCUT2D eigenvalue weighted by Gasteiger charge is -2.31. The summed E-state index contributed by atoms with van der Waals surface area (Å²) in [5.74, 6) is -5.04. The van der Waals surface area contributed by atoms with E-state index in [0.29, 0.717) is 5.92 Å². The summed E-state index contributed by atoms with van der Waals surface area (Å²) in [5.41, 5.74) is 1.30. The highest BCUT2D eigenvalue weighted by atomic mass is 16.6. The van der Waals surface area contributed by atoms with Crippen LogP contribution < -0.4 is 0 Å². The molecule has 2 fully saturated rings. The largest absolute Gasteiger partial charge is 0.478 e. The molecule has 2 aliphatic rings. The highest BCUT2D eigenvalue weighted by molar-refractivity contribution is 5.95. The van der Waals surface area contributed by atoms with Gasteiger partial charge >= 0.3 is 30.0 Å². The van der Waals surface area contributed by atoms with Gasteiger partial charge in [-0.2, -0.15) is 0 Å². The third kappa shape index (κ3) is 8.69. The molecule has 3 unspecified atom stereocenters. The highest BCUT2D eigenvalue weighted by Crippen LogP contribution is 2.40. The number of aliphatic carboxylic acids is 2. The number of carbonyl (C=O) groups excluding carboxylic acids is 2. The first kappa shape index (κ1) is 32.7. The molecule has 45 heavy (non-hydrogen) atoms. The van der Waals surface area contributed by atoms with E-state index in [1.807, 2.05) is 18.2 Å². The van der Waals surface area contributed by atoms with Crippen LogP contribution in [0, 0.1) is 5.92 Å². The van der Waals surface area contributed by atoms with Gasteiger partial charge in [0.05, 0.1) is 11.1 Å². The molecule has 11 heteroatoms. The summed E-state index contributed by atoms with van der Waals surface area (Å²) in [5, 5.41) is 28.0. The maximum absolute atomic E-state index is 12.0. The third-order valence-electron chi connectivity index (χ3n) is 7.98. The van der Waals surface area contributed by atoms with Gasteiger partial charge in [-0.1, -0.05) is 79.6 Å². The van der Waals surface area contributed by atoms with Crippen molar-refractivity contribution < 1.29 is 48.8 Å². The smallest absolute Gasteiger partial charge is 0.407 e. The molecule has 5 atom stereocenters. The van der Waals surface area contributed by atoms with Crippen LogP contribution in [0.5, 0.6) is 0 Å². The van der Waals surface area contributed by atoms with Gasteiger partial charge in [0.2, 0.25) is 12.2 Å². The quantitative estimate of drug-likeness (QED) is 0.273. The molecule has 3 aromatic carbocycles. The number of carbonyl (C=O) groups is 5. The number of amides is 1. The fraction of sp³-hybridized carbons (Fsp3) is 0.324. The first-order valence-corrected chi connectivity index (χ1v) is 14.7. The second kappa shape index (κ2) is 15.5. The topological polar surface area (TPSA) is 168 Å². The van der Waals surface area contributed by atoms with E-state index in [1.54, 1.807) is 17.0 Å². The van der Waals surface area contributed by atoms with Gasteiger partial charge in [0, 0.05) is 12.1 Å². The molecule has 1 aliphatic heterocycles. The normalized spacial score (nSPS) is 19.9. The molecule has 1 saturated carbocycles. The van der Waals surface area contributed by atoms with Crippen molar-refractivity contribution in [2.24, 2.45) is 5.92 Å². The number of benzene rings is 3. The van der Waals surface area contributed by atoms with E-state index < -0.39 is 42.2 Å². The van der Waals surface area contributed by atoms with Crippen molar-refractivity contribution in [3.8, 4) is 0 Å². The van der Waals surface area contributed by atoms with Crippen molar-refractivity contribution in [1.29, 1.82) is 0 Å². The average molecular weight is 618 g/mol. The summed E-state index contributed by atoms with van der Waals surface area (Å²) in [7, 11) is 0. The summed E-state index contributed by atoms with van der Waals surface area (Å²) in [6, 6.07) is 25.6. The number of hydrogen-bond donors (Lipinski definition) is 3. The maximum atomic E-state index is 12.0. The van der Waals surface area contributed by atoms with Gasteiger partial charge in [-0.15, -0.1) is 0 Å². The average Bonchev–Trinajstić information content (AvgIpc) is 3.42. The van der Waals surface area contributed by atoms with Crippen molar-refractivity contribution in [3.63, 3.8) is 0 Å². The number of carboxylic acids is 2.